The van der Waals surface area contributed by atoms with Crippen molar-refractivity contribution in [2.75, 3.05) is 0 Å². The van der Waals surface area contributed by atoms with E-state index in [1.165, 1.54) is 24.8 Å². The second-order valence-electron chi connectivity index (χ2n) is 7.85. The van der Waals surface area contributed by atoms with Gasteiger partial charge in [0.15, 0.2) is 0 Å². The maximum atomic E-state index is 6.01. The van der Waals surface area contributed by atoms with Gasteiger partial charge in [0, 0.05) is 0 Å². The topological polar surface area (TPSA) is 0 Å². The van der Waals surface area contributed by atoms with Crippen LogP contribution >= 0.6 is 17.0 Å². The van der Waals surface area contributed by atoms with Gasteiger partial charge in [-0.2, -0.15) is 35.0 Å². The fraction of sp³-hybridized carbons (Fsp3) is 0.269. The van der Waals surface area contributed by atoms with Gasteiger partial charge in [-0.05, 0) is 0 Å². The third kappa shape index (κ3) is 8.33. The van der Waals surface area contributed by atoms with Crippen molar-refractivity contribution in [3.63, 3.8) is 0 Å². The van der Waals surface area contributed by atoms with Gasteiger partial charge in [0.1, 0.15) is 0 Å². The molecule has 0 spiro atoms. The van der Waals surface area contributed by atoms with Gasteiger partial charge in [-0.1, -0.05) is 12.1 Å². The Labute approximate surface area is 190 Å². The van der Waals surface area contributed by atoms with Crippen molar-refractivity contribution in [1.29, 1.82) is 0 Å². The van der Waals surface area contributed by atoms with Gasteiger partial charge >= 0.3 is 85.1 Å². The van der Waals surface area contributed by atoms with Gasteiger partial charge in [-0.15, -0.1) is 59.3 Å². The van der Waals surface area contributed by atoms with Gasteiger partial charge in [-0.3, -0.25) is 0 Å². The minimum Gasteiger partial charge on any atom is -0.168 e. The minimum atomic E-state index is -2.06. The van der Waals surface area contributed by atoms with E-state index < -0.39 is 18.9 Å². The fourth-order valence-corrected chi connectivity index (χ4v) is 9.06. The maximum absolute atomic E-state index is 6.01. The molecule has 4 aromatic carbocycles. The average molecular weight is 505 g/mol. The van der Waals surface area contributed by atoms with Crippen molar-refractivity contribution in [3.8, 4) is 0 Å². The third-order valence-electron chi connectivity index (χ3n) is 4.66. The van der Waals surface area contributed by atoms with Crippen molar-refractivity contribution >= 4 is 41.8 Å². The normalized spacial score (nSPS) is 10.5. The Bertz CT molecular complexity index is 891. The molecule has 154 valence electrons. The van der Waals surface area contributed by atoms with Gasteiger partial charge in [0.2, 0.25) is 0 Å². The molecule has 0 aliphatic heterocycles. The predicted molar refractivity (Wildman–Crippen MR) is 130 cm³/mol. The molecule has 3 heteroatoms. The standard InChI is InChI=1S/2C9H7.C8H16.2ClH.Zr/c2*1-2-5-9-7-3-6-8(9)4-1;1-7(2)5-6-8(3)4;;;/h2*1-7H;7-8H,5H2,1-4H3;2*1H;/q2*-1;;;;+2/p-2. The zero-order valence-electron chi connectivity index (χ0n) is 17.7. The van der Waals surface area contributed by atoms with E-state index in [0.717, 1.165) is 6.42 Å². The molecule has 0 atom stereocenters. The van der Waals surface area contributed by atoms with E-state index in [9.17, 15) is 0 Å². The molecule has 0 radical (unpaired) electrons. The zero-order chi connectivity index (χ0) is 21.2. The first-order valence-electron chi connectivity index (χ1n) is 10.1. The summed E-state index contributed by atoms with van der Waals surface area (Å²) in [7, 11) is 12.0. The van der Waals surface area contributed by atoms with Crippen LogP contribution in [0.15, 0.2) is 84.9 Å². The van der Waals surface area contributed by atoms with Crippen LogP contribution in [0.5, 0.6) is 0 Å². The molecule has 4 aromatic rings. The summed E-state index contributed by atoms with van der Waals surface area (Å²) < 4.78 is 1.45. The Morgan fingerprint density at radius 3 is 1.52 bits per heavy atom. The van der Waals surface area contributed by atoms with Crippen LogP contribution in [0.25, 0.3) is 21.5 Å². The van der Waals surface area contributed by atoms with Crippen LogP contribution in [-0.4, -0.2) is 3.21 Å². The molecule has 0 aliphatic rings. The molecule has 0 aromatic heterocycles. The quantitative estimate of drug-likeness (QED) is 0.244. The van der Waals surface area contributed by atoms with Gasteiger partial charge in [0.05, 0.1) is 0 Å². The zero-order valence-corrected chi connectivity index (χ0v) is 21.7. The summed E-state index contributed by atoms with van der Waals surface area (Å²) in [6.45, 7) is 8.79. The Morgan fingerprint density at radius 2 is 1.21 bits per heavy atom. The number of hydrogen-bond donors (Lipinski definition) is 0. The number of rotatable bonds is 3. The molecular weight excluding hydrogens is 474 g/mol. The summed E-state index contributed by atoms with van der Waals surface area (Å²) in [5, 5.41) is 5.32. The van der Waals surface area contributed by atoms with Crippen molar-refractivity contribution in [2.45, 2.75) is 34.1 Å². The third-order valence-corrected chi connectivity index (χ3v) is 10.6. The molecule has 0 bridgehead atoms. The Morgan fingerprint density at radius 1 is 0.759 bits per heavy atom. The molecule has 0 saturated heterocycles. The van der Waals surface area contributed by atoms with Crippen LogP contribution in [0.1, 0.15) is 34.1 Å². The summed E-state index contributed by atoms with van der Waals surface area (Å²) >= 11 is -2.06. The van der Waals surface area contributed by atoms with Crippen LogP contribution in [-0.2, 0) is 18.9 Å². The Kier molecular flexibility index (Phi) is 10.6. The molecule has 0 heterocycles. The van der Waals surface area contributed by atoms with E-state index in [1.54, 1.807) is 0 Å². The molecule has 0 fully saturated rings. The predicted octanol–water partition coefficient (Wildman–Crippen LogP) is 8.90. The first-order valence-corrected chi connectivity index (χ1v) is 17.7. The van der Waals surface area contributed by atoms with Crippen molar-refractivity contribution in [2.24, 2.45) is 11.8 Å². The van der Waals surface area contributed by atoms with Crippen molar-refractivity contribution in [3.05, 3.63) is 84.9 Å². The molecule has 0 saturated carbocycles. The second kappa shape index (κ2) is 12.6. The first kappa shape index (κ1) is 24.3. The molecule has 0 unspecified atom stereocenters. The number of benzene rings is 2. The summed E-state index contributed by atoms with van der Waals surface area (Å²) in [6.07, 6.45) is 1.12. The Balaban J connectivity index is 0.000000156. The van der Waals surface area contributed by atoms with Crippen LogP contribution in [0.3, 0.4) is 0 Å². The monoisotopic (exact) mass is 502 g/mol. The molecule has 0 amide bonds. The Hall–Kier alpha value is -1.01. The van der Waals surface area contributed by atoms with E-state index >= 15 is 0 Å². The minimum absolute atomic E-state index is 0.585. The van der Waals surface area contributed by atoms with E-state index in [4.69, 9.17) is 17.0 Å². The average Bonchev–Trinajstić information content (AvgIpc) is 3.35. The van der Waals surface area contributed by atoms with Gasteiger partial charge in [0.25, 0.3) is 0 Å². The first-order chi connectivity index (χ1) is 13.9. The SMILES string of the molecule is CC(C)C[C](C(C)C)=[Zr]([Cl])[Cl].c1ccc2[cH-]ccc2c1.c1ccc2[cH-]ccc2c1. The van der Waals surface area contributed by atoms with Crippen LogP contribution in [0, 0.1) is 11.8 Å². The van der Waals surface area contributed by atoms with Gasteiger partial charge in [-0.25, -0.2) is 0 Å². The maximum Gasteiger partial charge on any atom is -0.0809 e. The van der Waals surface area contributed by atoms with E-state index in [0.29, 0.717) is 11.8 Å². The van der Waals surface area contributed by atoms with Crippen LogP contribution < -0.4 is 0 Å². The van der Waals surface area contributed by atoms with Crippen molar-refractivity contribution in [1.82, 2.24) is 0 Å². The van der Waals surface area contributed by atoms with Gasteiger partial charge < -0.3 is 0 Å². The summed E-state index contributed by atoms with van der Waals surface area (Å²) in [5.74, 6) is 1.28. The van der Waals surface area contributed by atoms with E-state index in [2.05, 4.69) is 113 Å². The van der Waals surface area contributed by atoms with E-state index in [-0.39, 0.29) is 0 Å². The fourth-order valence-electron chi connectivity index (χ4n) is 3.11. The largest absolute Gasteiger partial charge is 0.168 e. The molecular formula is C26H30Cl2Zr-2. The second-order valence-corrected chi connectivity index (χ2v) is 16.3. The summed E-state index contributed by atoms with van der Waals surface area (Å²) in [5.41, 5.74) is 0. The molecule has 0 N–H and O–H groups in total. The van der Waals surface area contributed by atoms with Crippen LogP contribution in [0.2, 0.25) is 0 Å². The smallest absolute Gasteiger partial charge is 0.0809 e. The van der Waals surface area contributed by atoms with Crippen LogP contribution in [0.4, 0.5) is 0 Å². The summed E-state index contributed by atoms with van der Waals surface area (Å²) in [4.78, 5) is 0. The molecule has 29 heavy (non-hydrogen) atoms. The molecule has 0 nitrogen and oxygen atoms in total. The summed E-state index contributed by atoms with van der Waals surface area (Å²) in [6, 6.07) is 29.3. The molecule has 0 aliphatic carbocycles. The molecule has 4 rings (SSSR count). The van der Waals surface area contributed by atoms with E-state index in [1.807, 2.05) is 0 Å². The number of fused-ring (bicyclic) bond motifs is 2. The van der Waals surface area contributed by atoms with Crippen molar-refractivity contribution < 1.29 is 18.9 Å². The number of halogens is 2. The number of hydrogen-bond acceptors (Lipinski definition) is 0.